The van der Waals surface area contributed by atoms with E-state index in [9.17, 15) is 0 Å². The number of allylic oxidation sites excluding steroid dienone is 5. The van der Waals surface area contributed by atoms with Gasteiger partial charge >= 0.3 is 0 Å². The number of hydrogen-bond donors (Lipinski definition) is 0. The van der Waals surface area contributed by atoms with Crippen molar-refractivity contribution in [2.24, 2.45) is 0 Å². The molecule has 2 aromatic heterocycles. The van der Waals surface area contributed by atoms with E-state index in [0.29, 0.717) is 29.1 Å². The summed E-state index contributed by atoms with van der Waals surface area (Å²) in [5.41, 5.74) is 5.76. The van der Waals surface area contributed by atoms with Gasteiger partial charge in [-0.25, -0.2) is 0 Å². The summed E-state index contributed by atoms with van der Waals surface area (Å²) in [6.45, 7) is 18.9. The first-order valence-electron chi connectivity index (χ1n) is 12.4. The lowest BCUT2D eigenvalue weighted by molar-refractivity contribution is 0.552. The van der Waals surface area contributed by atoms with Gasteiger partial charge in [-0.2, -0.15) is 0 Å². The fourth-order valence-corrected chi connectivity index (χ4v) is 3.78. The summed E-state index contributed by atoms with van der Waals surface area (Å²) in [5.74, 6) is 1.67. The monoisotopic (exact) mass is 494 g/mol. The molecular formula is C31H34N4O2. The predicted molar refractivity (Wildman–Crippen MR) is 149 cm³/mol. The summed E-state index contributed by atoms with van der Waals surface area (Å²) in [4.78, 5) is 0. The lowest BCUT2D eigenvalue weighted by atomic mass is 9.87. The lowest BCUT2D eigenvalue weighted by Gasteiger charge is -2.18. The highest BCUT2D eigenvalue weighted by atomic mass is 16.4. The zero-order valence-corrected chi connectivity index (χ0v) is 22.7. The van der Waals surface area contributed by atoms with Crippen molar-refractivity contribution in [3.05, 3.63) is 96.2 Å². The molecule has 0 N–H and O–H groups in total. The fourth-order valence-electron chi connectivity index (χ4n) is 3.78. The number of hydrogen-bond acceptors (Lipinski definition) is 6. The van der Waals surface area contributed by atoms with Gasteiger partial charge in [-0.3, -0.25) is 0 Å². The molecule has 0 aliphatic heterocycles. The minimum Gasteiger partial charge on any atom is -0.416 e. The van der Waals surface area contributed by atoms with E-state index in [1.54, 1.807) is 6.08 Å². The fraction of sp³-hybridized carbons (Fsp3) is 0.290. The standard InChI is InChI=1S/C31H34N4O2/c1-9-20(26-32-34-28(36-26)22-11-15-24(16-12-22)30(3,4)5)19-21(10-2)27-33-35-29(37-27)23-13-17-25(18-14-23)31(6,7)8/h9-19H,1H2,2-8H3/b20-19+,21-10+. The third kappa shape index (κ3) is 5.85. The van der Waals surface area contributed by atoms with Crippen LogP contribution in [0, 0.1) is 0 Å². The second-order valence-corrected chi connectivity index (χ2v) is 11.0. The summed E-state index contributed by atoms with van der Waals surface area (Å²) in [6.07, 6.45) is 5.42. The van der Waals surface area contributed by atoms with Crippen molar-refractivity contribution < 1.29 is 8.83 Å². The first-order valence-corrected chi connectivity index (χ1v) is 12.4. The molecular weight excluding hydrogens is 460 g/mol. The van der Waals surface area contributed by atoms with Gasteiger partial charge in [-0.1, -0.05) is 84.5 Å². The molecule has 0 aliphatic carbocycles. The van der Waals surface area contributed by atoms with Crippen molar-refractivity contribution in [2.45, 2.75) is 59.3 Å². The van der Waals surface area contributed by atoms with Gasteiger partial charge in [0.15, 0.2) is 0 Å². The highest BCUT2D eigenvalue weighted by Gasteiger charge is 2.18. The van der Waals surface area contributed by atoms with Gasteiger partial charge in [-0.05, 0) is 59.2 Å². The molecule has 0 atom stereocenters. The molecule has 0 aliphatic rings. The Bertz CT molecular complexity index is 1440. The van der Waals surface area contributed by atoms with Crippen LogP contribution in [0.1, 0.15) is 71.4 Å². The highest BCUT2D eigenvalue weighted by molar-refractivity contribution is 5.83. The molecule has 0 radical (unpaired) electrons. The van der Waals surface area contributed by atoms with Crippen molar-refractivity contribution in [3.63, 3.8) is 0 Å². The molecule has 6 nitrogen and oxygen atoms in total. The van der Waals surface area contributed by atoms with Crippen LogP contribution in [0.25, 0.3) is 34.1 Å². The van der Waals surface area contributed by atoms with E-state index in [4.69, 9.17) is 8.83 Å². The first kappa shape index (κ1) is 26.0. The Kier molecular flexibility index (Phi) is 7.12. The molecule has 4 rings (SSSR count). The number of nitrogens with zero attached hydrogens (tertiary/aromatic N) is 4. The second kappa shape index (κ2) is 10.1. The third-order valence-corrected chi connectivity index (χ3v) is 6.18. The lowest BCUT2D eigenvalue weighted by Crippen LogP contribution is -2.10. The van der Waals surface area contributed by atoms with Gasteiger partial charge in [-0.15, -0.1) is 20.4 Å². The molecule has 0 amide bonds. The largest absolute Gasteiger partial charge is 0.416 e. The van der Waals surface area contributed by atoms with E-state index >= 15 is 0 Å². The Morgan fingerprint density at radius 2 is 1.05 bits per heavy atom. The third-order valence-electron chi connectivity index (χ3n) is 6.18. The average molecular weight is 495 g/mol. The van der Waals surface area contributed by atoms with Crippen molar-refractivity contribution >= 4 is 11.1 Å². The van der Waals surface area contributed by atoms with Crippen molar-refractivity contribution in [1.82, 2.24) is 20.4 Å². The van der Waals surface area contributed by atoms with Crippen LogP contribution in [-0.4, -0.2) is 20.4 Å². The predicted octanol–water partition coefficient (Wildman–Crippen LogP) is 8.05. The Hall–Kier alpha value is -4.06. The van der Waals surface area contributed by atoms with Crippen LogP contribution in [-0.2, 0) is 10.8 Å². The maximum absolute atomic E-state index is 6.01. The molecule has 0 saturated carbocycles. The Balaban J connectivity index is 1.57. The molecule has 2 aromatic carbocycles. The second-order valence-electron chi connectivity index (χ2n) is 11.0. The van der Waals surface area contributed by atoms with Crippen LogP contribution in [0.2, 0.25) is 0 Å². The molecule has 0 spiro atoms. The Labute approximate surface area is 218 Å². The highest BCUT2D eigenvalue weighted by Crippen LogP contribution is 2.30. The molecule has 0 fully saturated rings. The number of rotatable bonds is 6. The normalized spacial score (nSPS) is 13.2. The van der Waals surface area contributed by atoms with Crippen LogP contribution in [0.5, 0.6) is 0 Å². The van der Waals surface area contributed by atoms with Crippen molar-refractivity contribution in [2.75, 3.05) is 0 Å². The van der Waals surface area contributed by atoms with E-state index in [2.05, 4.69) is 92.8 Å². The van der Waals surface area contributed by atoms with Crippen LogP contribution in [0.3, 0.4) is 0 Å². The molecule has 0 unspecified atom stereocenters. The molecule has 6 heteroatoms. The van der Waals surface area contributed by atoms with Gasteiger partial charge in [0, 0.05) is 22.3 Å². The van der Waals surface area contributed by atoms with E-state index in [1.807, 2.05) is 43.3 Å². The zero-order chi connectivity index (χ0) is 26.8. The first-order chi connectivity index (χ1) is 17.5. The van der Waals surface area contributed by atoms with E-state index in [-0.39, 0.29) is 10.8 Å². The van der Waals surface area contributed by atoms with Gasteiger partial charge < -0.3 is 8.83 Å². The van der Waals surface area contributed by atoms with Crippen LogP contribution >= 0.6 is 0 Å². The quantitative estimate of drug-likeness (QED) is 0.252. The Morgan fingerprint density at radius 1 is 0.649 bits per heavy atom. The van der Waals surface area contributed by atoms with E-state index in [1.165, 1.54) is 11.1 Å². The van der Waals surface area contributed by atoms with Gasteiger partial charge in [0.25, 0.3) is 0 Å². The summed E-state index contributed by atoms with van der Waals surface area (Å²) in [7, 11) is 0. The van der Waals surface area contributed by atoms with Crippen LogP contribution in [0.4, 0.5) is 0 Å². The zero-order valence-electron chi connectivity index (χ0n) is 22.7. The molecule has 190 valence electrons. The summed E-state index contributed by atoms with van der Waals surface area (Å²) in [6, 6.07) is 16.4. The van der Waals surface area contributed by atoms with Gasteiger partial charge in [0.2, 0.25) is 23.6 Å². The van der Waals surface area contributed by atoms with Crippen molar-refractivity contribution in [1.29, 1.82) is 0 Å². The summed E-state index contributed by atoms with van der Waals surface area (Å²) in [5, 5.41) is 17.0. The maximum atomic E-state index is 6.01. The minimum atomic E-state index is 0.0741. The van der Waals surface area contributed by atoms with Crippen LogP contribution in [0.15, 0.2) is 82.2 Å². The van der Waals surface area contributed by atoms with Gasteiger partial charge in [0.1, 0.15) is 0 Å². The maximum Gasteiger partial charge on any atom is 0.248 e. The Morgan fingerprint density at radius 3 is 1.41 bits per heavy atom. The number of aromatic nitrogens is 4. The smallest absolute Gasteiger partial charge is 0.248 e. The SMILES string of the molecule is C=C/C(=C\C(=C/C)c1nnc(-c2ccc(C(C)(C)C)cc2)o1)c1nnc(-c2ccc(C(C)(C)C)cc2)o1. The van der Waals surface area contributed by atoms with Gasteiger partial charge in [0.05, 0.1) is 0 Å². The van der Waals surface area contributed by atoms with Crippen LogP contribution < -0.4 is 0 Å². The topological polar surface area (TPSA) is 77.8 Å². The van der Waals surface area contributed by atoms with E-state index < -0.39 is 0 Å². The molecule has 2 heterocycles. The molecule has 37 heavy (non-hydrogen) atoms. The molecule has 0 bridgehead atoms. The minimum absolute atomic E-state index is 0.0741. The summed E-state index contributed by atoms with van der Waals surface area (Å²) < 4.78 is 12.0. The average Bonchev–Trinajstić information content (AvgIpc) is 3.55. The molecule has 0 saturated heterocycles. The molecule has 4 aromatic rings. The number of benzene rings is 2. The van der Waals surface area contributed by atoms with Crippen molar-refractivity contribution in [3.8, 4) is 22.9 Å². The summed E-state index contributed by atoms with van der Waals surface area (Å²) >= 11 is 0. The van der Waals surface area contributed by atoms with E-state index in [0.717, 1.165) is 16.7 Å².